The molecule has 0 saturated carbocycles. The number of carbonyl (C=O) groups excluding carboxylic acids is 3. The lowest BCUT2D eigenvalue weighted by molar-refractivity contribution is 0.0292. The maximum absolute atomic E-state index is 12.4. The van der Waals surface area contributed by atoms with E-state index in [1.165, 1.54) is 12.0 Å². The number of nitrogens with two attached hydrogens (primary N) is 2. The number of amides is 3. The van der Waals surface area contributed by atoms with Gasteiger partial charge < -0.3 is 49.4 Å². The lowest BCUT2D eigenvalue weighted by Gasteiger charge is -2.24. The van der Waals surface area contributed by atoms with Gasteiger partial charge >= 0.3 is 6.09 Å². The van der Waals surface area contributed by atoms with E-state index in [4.69, 9.17) is 40.1 Å². The number of hydrogen-bond donors (Lipinski definition) is 3. The van der Waals surface area contributed by atoms with Crippen molar-refractivity contribution < 1.29 is 33.0 Å². The van der Waals surface area contributed by atoms with Crippen molar-refractivity contribution in [2.45, 2.75) is 59.7 Å². The number of hydrogen-bond acceptors (Lipinski definition) is 12. The number of oxazole rings is 1. The highest BCUT2D eigenvalue weighted by molar-refractivity contribution is 6.11. The Labute approximate surface area is 322 Å². The van der Waals surface area contributed by atoms with Gasteiger partial charge in [0.25, 0.3) is 0 Å². The molecule has 0 saturated heterocycles. The van der Waals surface area contributed by atoms with Crippen molar-refractivity contribution in [2.24, 2.45) is 11.5 Å². The Morgan fingerprint density at radius 2 is 1.61 bits per heavy atom. The van der Waals surface area contributed by atoms with Crippen LogP contribution in [0.25, 0.3) is 44.6 Å². The molecule has 56 heavy (non-hydrogen) atoms. The van der Waals surface area contributed by atoms with E-state index in [0.29, 0.717) is 99.6 Å². The summed E-state index contributed by atoms with van der Waals surface area (Å²) in [5.41, 5.74) is 14.4. The molecule has 17 nitrogen and oxygen atoms in total. The SMILES string of the molecule is CNc1nc2cc(C(N)=O)cc(OCCCN(C)C(=O)OC(C)(C)C)c2n1C/C=C/Cn1c2nc(-c3oc(C)nc3C)ncc2c2cc(C(N)=O)cc(OC)c21. The van der Waals surface area contributed by atoms with Crippen molar-refractivity contribution in [3.63, 3.8) is 0 Å². The molecule has 0 radical (unpaired) electrons. The van der Waals surface area contributed by atoms with Crippen molar-refractivity contribution in [1.82, 2.24) is 34.0 Å². The van der Waals surface area contributed by atoms with Gasteiger partial charge in [0.05, 0.1) is 30.4 Å². The van der Waals surface area contributed by atoms with E-state index in [0.717, 1.165) is 0 Å². The summed E-state index contributed by atoms with van der Waals surface area (Å²) in [6.45, 7) is 10.4. The number of aromatic nitrogens is 6. The molecule has 4 heterocycles. The first kappa shape index (κ1) is 39.1. The highest BCUT2D eigenvalue weighted by Crippen LogP contribution is 2.37. The van der Waals surface area contributed by atoms with Crippen LogP contribution in [0.1, 0.15) is 59.5 Å². The van der Waals surface area contributed by atoms with E-state index >= 15 is 0 Å². The van der Waals surface area contributed by atoms with Crippen LogP contribution in [0.4, 0.5) is 10.7 Å². The molecular weight excluding hydrogens is 720 g/mol. The van der Waals surface area contributed by atoms with Crippen molar-refractivity contribution in [3.05, 3.63) is 65.3 Å². The average Bonchev–Trinajstić information content (AvgIpc) is 3.79. The zero-order valence-corrected chi connectivity index (χ0v) is 32.7. The van der Waals surface area contributed by atoms with E-state index in [-0.39, 0.29) is 17.7 Å². The first-order chi connectivity index (χ1) is 26.6. The second-order valence-corrected chi connectivity index (χ2v) is 14.2. The summed E-state index contributed by atoms with van der Waals surface area (Å²) in [6, 6.07) is 6.55. The predicted octanol–water partition coefficient (Wildman–Crippen LogP) is 5.35. The lowest BCUT2D eigenvalue weighted by atomic mass is 10.1. The molecule has 5 N–H and O–H groups in total. The first-order valence-electron chi connectivity index (χ1n) is 17.9. The number of rotatable bonds is 14. The number of nitrogens with one attached hydrogen (secondary N) is 1. The van der Waals surface area contributed by atoms with Crippen molar-refractivity contribution >= 4 is 56.8 Å². The predicted molar refractivity (Wildman–Crippen MR) is 211 cm³/mol. The molecule has 0 aliphatic rings. The molecule has 3 amide bonds. The maximum atomic E-state index is 12.4. The van der Waals surface area contributed by atoms with Gasteiger partial charge in [0.1, 0.15) is 28.3 Å². The number of benzene rings is 2. The third-order valence-corrected chi connectivity index (χ3v) is 8.93. The molecule has 0 fully saturated rings. The highest BCUT2D eigenvalue weighted by atomic mass is 16.6. The number of carbonyl (C=O) groups is 3. The molecule has 294 valence electrons. The molecule has 4 aromatic heterocycles. The third kappa shape index (κ3) is 7.92. The van der Waals surface area contributed by atoms with Crippen LogP contribution < -0.4 is 26.3 Å². The Hall–Kier alpha value is -6.65. The number of primary amides is 2. The van der Waals surface area contributed by atoms with Gasteiger partial charge in [0.2, 0.25) is 17.8 Å². The van der Waals surface area contributed by atoms with Crippen LogP contribution in [-0.4, -0.2) is 91.8 Å². The molecule has 6 aromatic rings. The van der Waals surface area contributed by atoms with E-state index in [1.54, 1.807) is 51.5 Å². The molecule has 0 spiro atoms. The number of fused-ring (bicyclic) bond motifs is 4. The molecule has 0 aliphatic heterocycles. The van der Waals surface area contributed by atoms with Gasteiger partial charge in [-0.05, 0) is 58.4 Å². The third-order valence-electron chi connectivity index (χ3n) is 8.93. The number of allylic oxidation sites excluding steroid dienone is 2. The minimum Gasteiger partial charge on any atom is -0.495 e. The van der Waals surface area contributed by atoms with Gasteiger partial charge in [-0.2, -0.15) is 0 Å². The van der Waals surface area contributed by atoms with Crippen LogP contribution in [0.2, 0.25) is 0 Å². The topological polar surface area (TPSA) is 221 Å². The number of anilines is 1. The zero-order valence-electron chi connectivity index (χ0n) is 32.7. The summed E-state index contributed by atoms with van der Waals surface area (Å²) in [5, 5.41) is 4.52. The summed E-state index contributed by atoms with van der Waals surface area (Å²) in [4.78, 5) is 57.1. The number of nitrogens with zero attached hydrogens (tertiary/aromatic N) is 7. The molecule has 0 atom stereocenters. The van der Waals surface area contributed by atoms with Crippen molar-refractivity contribution in [2.75, 3.05) is 39.7 Å². The second-order valence-electron chi connectivity index (χ2n) is 14.2. The maximum Gasteiger partial charge on any atom is 0.410 e. The minimum absolute atomic E-state index is 0.241. The highest BCUT2D eigenvalue weighted by Gasteiger charge is 2.23. The van der Waals surface area contributed by atoms with Gasteiger partial charge in [0, 0.05) is 68.7 Å². The quantitative estimate of drug-likeness (QED) is 0.0944. The standard InChI is InChI=1S/C39H46N10O7/c1-21-32(55-22(2)44-21)35-43-20-26-25-16-23(33(40)50)18-28(53-8)30(25)48(36(26)46-35)13-9-10-14-49-31-27(45-37(49)42-6)17-24(34(41)51)19-29(31)54-15-11-12-47(7)38(52)56-39(3,4)5/h9-10,16-20H,11-15H2,1-8H3,(H2,40,50)(H2,41,51)(H,42,45)/b10-9+. The van der Waals surface area contributed by atoms with Gasteiger partial charge in [-0.25, -0.2) is 24.7 Å². The average molecular weight is 767 g/mol. The van der Waals surface area contributed by atoms with Gasteiger partial charge in [-0.15, -0.1) is 0 Å². The largest absolute Gasteiger partial charge is 0.495 e. The smallest absolute Gasteiger partial charge is 0.410 e. The normalized spacial score (nSPS) is 11.9. The fourth-order valence-corrected chi connectivity index (χ4v) is 6.42. The minimum atomic E-state index is -0.619. The molecule has 2 aromatic carbocycles. The summed E-state index contributed by atoms with van der Waals surface area (Å²) in [6.07, 6.45) is 5.70. The van der Waals surface area contributed by atoms with Gasteiger partial charge in [-0.3, -0.25) is 9.59 Å². The summed E-state index contributed by atoms with van der Waals surface area (Å²) in [7, 11) is 4.95. The van der Waals surface area contributed by atoms with Gasteiger partial charge in [-0.1, -0.05) is 12.2 Å². The molecule has 0 aliphatic carbocycles. The molecule has 0 bridgehead atoms. The fourth-order valence-electron chi connectivity index (χ4n) is 6.42. The number of aryl methyl sites for hydroxylation is 2. The van der Waals surface area contributed by atoms with Gasteiger partial charge in [0.15, 0.2) is 17.5 Å². The first-order valence-corrected chi connectivity index (χ1v) is 17.9. The van der Waals surface area contributed by atoms with Crippen LogP contribution in [0.5, 0.6) is 11.5 Å². The monoisotopic (exact) mass is 766 g/mol. The second kappa shape index (κ2) is 15.6. The molecule has 6 rings (SSSR count). The lowest BCUT2D eigenvalue weighted by Crippen LogP contribution is -2.35. The van der Waals surface area contributed by atoms with E-state index in [2.05, 4.69) is 15.3 Å². The molecular formula is C39H46N10O7. The van der Waals surface area contributed by atoms with Crippen molar-refractivity contribution in [1.29, 1.82) is 0 Å². The number of methoxy groups -OCH3 is 1. The molecule has 17 heteroatoms. The van der Waals surface area contributed by atoms with E-state index in [9.17, 15) is 14.4 Å². The Kier molecular flexibility index (Phi) is 10.9. The van der Waals surface area contributed by atoms with Crippen LogP contribution in [-0.2, 0) is 17.8 Å². The van der Waals surface area contributed by atoms with Crippen LogP contribution in [0.15, 0.2) is 47.0 Å². The Bertz CT molecular complexity index is 2510. The number of imidazole rings is 1. The number of ether oxygens (including phenoxy) is 3. The molecule has 0 unspecified atom stereocenters. The van der Waals surface area contributed by atoms with Crippen LogP contribution in [0.3, 0.4) is 0 Å². The summed E-state index contributed by atoms with van der Waals surface area (Å²) >= 11 is 0. The van der Waals surface area contributed by atoms with E-state index < -0.39 is 23.5 Å². The Morgan fingerprint density at radius 3 is 2.23 bits per heavy atom. The van der Waals surface area contributed by atoms with E-state index in [1.807, 2.05) is 49.0 Å². The van der Waals surface area contributed by atoms with Crippen molar-refractivity contribution in [3.8, 4) is 23.1 Å². The zero-order chi connectivity index (χ0) is 40.5. The summed E-state index contributed by atoms with van der Waals surface area (Å²) < 4.78 is 27.2. The fraction of sp³-hybridized carbons (Fsp3) is 0.359. The Balaban J connectivity index is 1.33. The summed E-state index contributed by atoms with van der Waals surface area (Å²) in [5.74, 6) is 1.50. The Morgan fingerprint density at radius 1 is 0.929 bits per heavy atom. The van der Waals surface area contributed by atoms with Crippen LogP contribution in [0, 0.1) is 13.8 Å². The van der Waals surface area contributed by atoms with Crippen LogP contribution >= 0.6 is 0 Å².